The van der Waals surface area contributed by atoms with Crippen molar-refractivity contribution in [3.63, 3.8) is 0 Å². The Morgan fingerprint density at radius 2 is 1.92 bits per heavy atom. The highest BCUT2D eigenvalue weighted by molar-refractivity contribution is 7.54. The number of hydrogen-bond acceptors (Lipinski definition) is 4. The summed E-state index contributed by atoms with van der Waals surface area (Å²) < 4.78 is 21.3. The molecule has 1 amide bonds. The lowest BCUT2D eigenvalue weighted by molar-refractivity contribution is -0.119. The zero-order valence-electron chi connectivity index (χ0n) is 8.36. The van der Waals surface area contributed by atoms with E-state index in [1.165, 1.54) is 21.1 Å². The molecule has 0 heterocycles. The third-order valence-corrected chi connectivity index (χ3v) is 3.92. The molecule has 0 aromatic heterocycles. The maximum absolute atomic E-state index is 11.8. The molecular formula is C7H16NO4P. The van der Waals surface area contributed by atoms with Gasteiger partial charge in [-0.2, -0.15) is 0 Å². The first-order valence-corrected chi connectivity index (χ1v) is 5.59. The minimum Gasteiger partial charge on any atom is -0.342 e. The smallest absolute Gasteiger partial charge is 0.342 e. The summed E-state index contributed by atoms with van der Waals surface area (Å²) in [5.41, 5.74) is 0. The summed E-state index contributed by atoms with van der Waals surface area (Å²) in [7, 11) is -0.576. The molecule has 0 aliphatic carbocycles. The molecule has 0 aromatic carbocycles. The summed E-state index contributed by atoms with van der Waals surface area (Å²) >= 11 is 0. The van der Waals surface area contributed by atoms with Gasteiger partial charge < -0.3 is 14.4 Å². The number of amides is 1. The van der Waals surface area contributed by atoms with Crippen LogP contribution in [0.5, 0.6) is 0 Å². The fourth-order valence-corrected chi connectivity index (χ4v) is 2.41. The van der Waals surface area contributed by atoms with Gasteiger partial charge in [0.1, 0.15) is 5.78 Å². The standard InChI is InChI=1S/C7H16NO4P/c1-5-7(8-6(2)9)13(10,11-3)12-4/h7H,5H2,1-4H3,(H,8,9). The lowest BCUT2D eigenvalue weighted by Gasteiger charge is -2.23. The van der Waals surface area contributed by atoms with Crippen LogP contribution in [0, 0.1) is 0 Å². The highest BCUT2D eigenvalue weighted by Crippen LogP contribution is 2.51. The van der Waals surface area contributed by atoms with Crippen molar-refractivity contribution in [1.82, 2.24) is 5.32 Å². The SMILES string of the molecule is CCC(NC(C)=O)P(=O)(OC)OC. The predicted molar refractivity (Wildman–Crippen MR) is 49.5 cm³/mol. The van der Waals surface area contributed by atoms with Crippen LogP contribution in [0.25, 0.3) is 0 Å². The highest BCUT2D eigenvalue weighted by Gasteiger charge is 2.32. The van der Waals surface area contributed by atoms with Gasteiger partial charge in [0.2, 0.25) is 5.91 Å². The van der Waals surface area contributed by atoms with E-state index in [1.807, 2.05) is 0 Å². The van der Waals surface area contributed by atoms with Gasteiger partial charge in [0.05, 0.1) is 0 Å². The van der Waals surface area contributed by atoms with E-state index in [1.54, 1.807) is 6.92 Å². The monoisotopic (exact) mass is 209 g/mol. The van der Waals surface area contributed by atoms with E-state index < -0.39 is 13.4 Å². The quantitative estimate of drug-likeness (QED) is 0.694. The first kappa shape index (κ1) is 12.6. The number of nitrogens with one attached hydrogen (secondary N) is 1. The number of hydrogen-bond donors (Lipinski definition) is 1. The summed E-state index contributed by atoms with van der Waals surface area (Å²) in [5, 5.41) is 2.52. The minimum atomic E-state index is -3.18. The van der Waals surface area contributed by atoms with Crippen molar-refractivity contribution in [2.75, 3.05) is 14.2 Å². The molecule has 5 nitrogen and oxygen atoms in total. The second-order valence-corrected chi connectivity index (χ2v) is 4.96. The number of carbonyl (C=O) groups excluding carboxylic acids is 1. The summed E-state index contributed by atoms with van der Waals surface area (Å²) in [4.78, 5) is 10.7. The maximum atomic E-state index is 11.8. The summed E-state index contributed by atoms with van der Waals surface area (Å²) in [5.74, 6) is -0.818. The number of rotatable bonds is 5. The van der Waals surface area contributed by atoms with Crippen LogP contribution in [-0.2, 0) is 18.4 Å². The van der Waals surface area contributed by atoms with Gasteiger partial charge in [-0.3, -0.25) is 9.36 Å². The molecule has 0 aliphatic rings. The van der Waals surface area contributed by atoms with Gasteiger partial charge in [0.15, 0.2) is 0 Å². The first-order valence-electron chi connectivity index (χ1n) is 3.98. The van der Waals surface area contributed by atoms with Gasteiger partial charge >= 0.3 is 7.60 Å². The van der Waals surface area contributed by atoms with Gasteiger partial charge in [-0.25, -0.2) is 0 Å². The van der Waals surface area contributed by atoms with Gasteiger partial charge in [-0.05, 0) is 6.42 Å². The first-order chi connectivity index (χ1) is 6.00. The fourth-order valence-electron chi connectivity index (χ4n) is 0.968. The Kier molecular flexibility index (Phi) is 5.21. The predicted octanol–water partition coefficient (Wildman–Crippen LogP) is 1.34. The van der Waals surface area contributed by atoms with Crippen LogP contribution < -0.4 is 5.32 Å². The molecule has 0 saturated heterocycles. The average Bonchev–Trinajstić information content (AvgIpc) is 2.12. The van der Waals surface area contributed by atoms with E-state index in [0.717, 1.165) is 0 Å². The van der Waals surface area contributed by atoms with Crippen molar-refractivity contribution in [2.24, 2.45) is 0 Å². The van der Waals surface area contributed by atoms with E-state index >= 15 is 0 Å². The Labute approximate surface area is 78.3 Å². The van der Waals surface area contributed by atoms with Crippen molar-refractivity contribution in [3.05, 3.63) is 0 Å². The average molecular weight is 209 g/mol. The Morgan fingerprint density at radius 3 is 2.15 bits per heavy atom. The molecule has 0 saturated carbocycles. The normalized spacial score (nSPS) is 13.8. The second-order valence-electron chi connectivity index (χ2n) is 2.53. The van der Waals surface area contributed by atoms with E-state index in [2.05, 4.69) is 5.32 Å². The largest absolute Gasteiger partial charge is 0.352 e. The van der Waals surface area contributed by atoms with Crippen molar-refractivity contribution in [3.8, 4) is 0 Å². The van der Waals surface area contributed by atoms with Crippen LogP contribution in [0.1, 0.15) is 20.3 Å². The van der Waals surface area contributed by atoms with Crippen molar-refractivity contribution in [1.29, 1.82) is 0 Å². The van der Waals surface area contributed by atoms with Crippen LogP contribution in [-0.4, -0.2) is 25.9 Å². The molecule has 0 bridgehead atoms. The summed E-state index contributed by atoms with van der Waals surface area (Å²) in [6.07, 6.45) is 0.499. The molecule has 13 heavy (non-hydrogen) atoms. The summed E-state index contributed by atoms with van der Waals surface area (Å²) in [6, 6.07) is 0. The Morgan fingerprint density at radius 1 is 1.46 bits per heavy atom. The van der Waals surface area contributed by atoms with E-state index in [4.69, 9.17) is 9.05 Å². The molecule has 0 fully saturated rings. The molecule has 1 unspecified atom stereocenters. The fraction of sp³-hybridized carbons (Fsp3) is 0.857. The Bertz CT molecular complexity index is 211. The molecule has 78 valence electrons. The van der Waals surface area contributed by atoms with E-state index in [9.17, 15) is 9.36 Å². The third-order valence-electron chi connectivity index (χ3n) is 1.65. The lowest BCUT2D eigenvalue weighted by atomic mass is 10.5. The molecule has 0 aromatic rings. The van der Waals surface area contributed by atoms with Crippen LogP contribution in [0.2, 0.25) is 0 Å². The molecule has 0 aliphatic heterocycles. The molecular weight excluding hydrogens is 193 g/mol. The molecule has 0 rings (SSSR count). The summed E-state index contributed by atoms with van der Waals surface area (Å²) in [6.45, 7) is 3.16. The maximum Gasteiger partial charge on any atom is 0.352 e. The van der Waals surface area contributed by atoms with Crippen LogP contribution in [0.4, 0.5) is 0 Å². The topological polar surface area (TPSA) is 64.6 Å². The lowest BCUT2D eigenvalue weighted by Crippen LogP contribution is -2.33. The Balaban J connectivity index is 4.53. The second kappa shape index (κ2) is 5.37. The zero-order chi connectivity index (χ0) is 10.5. The molecule has 1 atom stereocenters. The van der Waals surface area contributed by atoms with Crippen LogP contribution >= 0.6 is 7.60 Å². The molecule has 0 radical (unpaired) electrons. The third kappa shape index (κ3) is 3.46. The van der Waals surface area contributed by atoms with E-state index in [0.29, 0.717) is 6.42 Å². The van der Waals surface area contributed by atoms with Crippen LogP contribution in [0.3, 0.4) is 0 Å². The Hall–Kier alpha value is -0.380. The van der Waals surface area contributed by atoms with Crippen molar-refractivity contribution >= 4 is 13.5 Å². The minimum absolute atomic E-state index is 0.249. The van der Waals surface area contributed by atoms with Gasteiger partial charge in [0, 0.05) is 21.1 Å². The van der Waals surface area contributed by atoms with Crippen molar-refractivity contribution < 1.29 is 18.4 Å². The van der Waals surface area contributed by atoms with Gasteiger partial charge in [-0.15, -0.1) is 0 Å². The number of carbonyl (C=O) groups is 1. The van der Waals surface area contributed by atoms with Crippen LogP contribution in [0.15, 0.2) is 0 Å². The molecule has 0 spiro atoms. The molecule has 1 N–H and O–H groups in total. The van der Waals surface area contributed by atoms with Gasteiger partial charge in [-0.1, -0.05) is 6.92 Å². The van der Waals surface area contributed by atoms with Gasteiger partial charge in [0.25, 0.3) is 0 Å². The van der Waals surface area contributed by atoms with Crippen molar-refractivity contribution in [2.45, 2.75) is 26.1 Å². The zero-order valence-corrected chi connectivity index (χ0v) is 9.26. The molecule has 6 heteroatoms. The highest BCUT2D eigenvalue weighted by atomic mass is 31.2. The van der Waals surface area contributed by atoms with E-state index in [-0.39, 0.29) is 5.91 Å².